The molecular weight excluding hydrogens is 250 g/mol. The number of rotatable bonds is 8. The van der Waals surface area contributed by atoms with Gasteiger partial charge in [-0.3, -0.25) is 9.69 Å². The van der Waals surface area contributed by atoms with Gasteiger partial charge in [0, 0.05) is 19.1 Å². The molecule has 0 saturated heterocycles. The molecule has 1 atom stereocenters. The molecule has 1 N–H and O–H groups in total. The number of nitrogens with zero attached hydrogens (tertiary/aromatic N) is 1. The topological polar surface area (TPSA) is 40.5 Å². The average molecular weight is 277 g/mol. The zero-order chi connectivity index (χ0) is 15.2. The highest BCUT2D eigenvalue weighted by Gasteiger charge is 2.34. The summed E-state index contributed by atoms with van der Waals surface area (Å²) in [5, 5.41) is 9.53. The summed E-state index contributed by atoms with van der Waals surface area (Å²) in [4.78, 5) is 13.8. The van der Waals surface area contributed by atoms with E-state index in [1.165, 1.54) is 5.56 Å². The van der Waals surface area contributed by atoms with Gasteiger partial charge in [-0.25, -0.2) is 0 Å². The van der Waals surface area contributed by atoms with Crippen LogP contribution in [0.2, 0.25) is 0 Å². The van der Waals surface area contributed by atoms with Crippen LogP contribution < -0.4 is 0 Å². The Kier molecular flexibility index (Phi) is 6.21. The van der Waals surface area contributed by atoms with Gasteiger partial charge in [0.25, 0.3) is 0 Å². The molecule has 112 valence electrons. The lowest BCUT2D eigenvalue weighted by atomic mass is 9.84. The van der Waals surface area contributed by atoms with E-state index in [1.807, 2.05) is 32.0 Å². The molecule has 0 aromatic heterocycles. The molecule has 1 unspecified atom stereocenters. The SMILES string of the molecule is CCCC(C)(CN(Cc1ccccc1)C(C)C)C(=O)O. The molecule has 0 saturated carbocycles. The lowest BCUT2D eigenvalue weighted by molar-refractivity contribution is -0.150. The van der Waals surface area contributed by atoms with Gasteiger partial charge in [0.2, 0.25) is 0 Å². The van der Waals surface area contributed by atoms with Crippen molar-refractivity contribution in [2.75, 3.05) is 6.54 Å². The van der Waals surface area contributed by atoms with Gasteiger partial charge in [0.15, 0.2) is 0 Å². The normalized spacial score (nSPS) is 14.5. The Morgan fingerprint density at radius 3 is 2.35 bits per heavy atom. The standard InChI is InChI=1S/C17H27NO2/c1-5-11-17(4,16(19)20)13-18(14(2)3)12-15-9-7-6-8-10-15/h6-10,14H,5,11-13H2,1-4H3,(H,19,20). The second kappa shape index (κ2) is 7.44. The Hall–Kier alpha value is -1.35. The second-order valence-corrected chi connectivity index (χ2v) is 6.10. The Balaban J connectivity index is 2.83. The highest BCUT2D eigenvalue weighted by Crippen LogP contribution is 2.27. The molecule has 1 aromatic carbocycles. The fourth-order valence-corrected chi connectivity index (χ4v) is 2.49. The van der Waals surface area contributed by atoms with Crippen LogP contribution >= 0.6 is 0 Å². The third-order valence-corrected chi connectivity index (χ3v) is 3.83. The maximum atomic E-state index is 11.6. The van der Waals surface area contributed by atoms with Gasteiger partial charge in [-0.2, -0.15) is 0 Å². The molecule has 0 radical (unpaired) electrons. The van der Waals surface area contributed by atoms with E-state index in [2.05, 4.69) is 30.9 Å². The van der Waals surface area contributed by atoms with Crippen LogP contribution in [0, 0.1) is 5.41 Å². The quantitative estimate of drug-likeness (QED) is 0.786. The molecule has 0 bridgehead atoms. The minimum absolute atomic E-state index is 0.325. The molecule has 0 amide bonds. The minimum Gasteiger partial charge on any atom is -0.481 e. The minimum atomic E-state index is -0.696. The summed E-state index contributed by atoms with van der Waals surface area (Å²) in [6.07, 6.45) is 1.60. The molecule has 1 rings (SSSR count). The van der Waals surface area contributed by atoms with Gasteiger partial charge in [-0.05, 0) is 32.8 Å². The number of carbonyl (C=O) groups is 1. The lowest BCUT2D eigenvalue weighted by Gasteiger charge is -2.35. The number of carboxylic acids is 1. The molecule has 3 nitrogen and oxygen atoms in total. The molecule has 0 heterocycles. The summed E-state index contributed by atoms with van der Waals surface area (Å²) in [6.45, 7) is 9.53. The number of aliphatic carboxylic acids is 1. The van der Waals surface area contributed by atoms with Crippen LogP contribution in [0.1, 0.15) is 46.1 Å². The van der Waals surface area contributed by atoms with Gasteiger partial charge >= 0.3 is 5.97 Å². The Morgan fingerprint density at radius 2 is 1.90 bits per heavy atom. The second-order valence-electron chi connectivity index (χ2n) is 6.10. The molecule has 1 aromatic rings. The van der Waals surface area contributed by atoms with Crippen molar-refractivity contribution >= 4 is 5.97 Å². The van der Waals surface area contributed by atoms with Gasteiger partial charge in [-0.1, -0.05) is 43.7 Å². The maximum Gasteiger partial charge on any atom is 0.310 e. The highest BCUT2D eigenvalue weighted by molar-refractivity contribution is 5.74. The van der Waals surface area contributed by atoms with E-state index in [4.69, 9.17) is 0 Å². The Labute approximate surface area is 122 Å². The van der Waals surface area contributed by atoms with Gasteiger partial charge in [0.05, 0.1) is 5.41 Å². The molecule has 20 heavy (non-hydrogen) atoms. The molecule has 0 aliphatic rings. The summed E-state index contributed by atoms with van der Waals surface area (Å²) < 4.78 is 0. The van der Waals surface area contributed by atoms with Crippen molar-refractivity contribution in [3.05, 3.63) is 35.9 Å². The smallest absolute Gasteiger partial charge is 0.310 e. The molecule has 0 spiro atoms. The highest BCUT2D eigenvalue weighted by atomic mass is 16.4. The van der Waals surface area contributed by atoms with Crippen LogP contribution in [-0.2, 0) is 11.3 Å². The third-order valence-electron chi connectivity index (χ3n) is 3.83. The van der Waals surface area contributed by atoms with Crippen LogP contribution in [0.5, 0.6) is 0 Å². The van der Waals surface area contributed by atoms with Crippen molar-refractivity contribution in [3.63, 3.8) is 0 Å². The van der Waals surface area contributed by atoms with E-state index in [0.29, 0.717) is 19.0 Å². The first-order valence-corrected chi connectivity index (χ1v) is 7.40. The van der Waals surface area contributed by atoms with Crippen LogP contribution in [0.15, 0.2) is 30.3 Å². The van der Waals surface area contributed by atoms with Crippen molar-refractivity contribution < 1.29 is 9.90 Å². The summed E-state index contributed by atoms with van der Waals surface area (Å²) >= 11 is 0. The van der Waals surface area contributed by atoms with Crippen LogP contribution in [0.4, 0.5) is 0 Å². The largest absolute Gasteiger partial charge is 0.481 e. The van der Waals surface area contributed by atoms with E-state index in [0.717, 1.165) is 13.0 Å². The predicted octanol–water partition coefficient (Wildman–Crippen LogP) is 3.79. The average Bonchev–Trinajstić information content (AvgIpc) is 2.39. The van der Waals surface area contributed by atoms with E-state index in [9.17, 15) is 9.90 Å². The number of hydrogen-bond acceptors (Lipinski definition) is 2. The van der Waals surface area contributed by atoms with Crippen molar-refractivity contribution in [3.8, 4) is 0 Å². The molecule has 0 aliphatic carbocycles. The molecular formula is C17H27NO2. The summed E-state index contributed by atoms with van der Waals surface area (Å²) in [7, 11) is 0. The fraction of sp³-hybridized carbons (Fsp3) is 0.588. The lowest BCUT2D eigenvalue weighted by Crippen LogP contribution is -2.43. The van der Waals surface area contributed by atoms with E-state index >= 15 is 0 Å². The first kappa shape index (κ1) is 16.7. The van der Waals surface area contributed by atoms with Crippen molar-refractivity contribution in [1.29, 1.82) is 0 Å². The van der Waals surface area contributed by atoms with Gasteiger partial charge < -0.3 is 5.11 Å². The van der Waals surface area contributed by atoms with Gasteiger partial charge in [0.1, 0.15) is 0 Å². The number of benzene rings is 1. The number of carboxylic acid groups (broad SMARTS) is 1. The Morgan fingerprint density at radius 1 is 1.30 bits per heavy atom. The van der Waals surface area contributed by atoms with Crippen LogP contribution in [0.3, 0.4) is 0 Å². The van der Waals surface area contributed by atoms with Crippen molar-refractivity contribution in [2.24, 2.45) is 5.41 Å². The van der Waals surface area contributed by atoms with Crippen LogP contribution in [0.25, 0.3) is 0 Å². The zero-order valence-electron chi connectivity index (χ0n) is 13.1. The molecule has 0 aliphatic heterocycles. The van der Waals surface area contributed by atoms with Crippen molar-refractivity contribution in [1.82, 2.24) is 4.90 Å². The zero-order valence-corrected chi connectivity index (χ0v) is 13.1. The van der Waals surface area contributed by atoms with Gasteiger partial charge in [-0.15, -0.1) is 0 Å². The first-order valence-electron chi connectivity index (χ1n) is 7.40. The van der Waals surface area contributed by atoms with Crippen LogP contribution in [-0.4, -0.2) is 28.6 Å². The summed E-state index contributed by atoms with van der Waals surface area (Å²) in [5.41, 5.74) is 0.554. The monoisotopic (exact) mass is 277 g/mol. The summed E-state index contributed by atoms with van der Waals surface area (Å²) in [6, 6.07) is 10.6. The van der Waals surface area contributed by atoms with E-state index in [1.54, 1.807) is 0 Å². The molecule has 3 heteroatoms. The van der Waals surface area contributed by atoms with Crippen molar-refractivity contribution in [2.45, 2.75) is 53.1 Å². The third kappa shape index (κ3) is 4.64. The Bertz CT molecular complexity index is 416. The fourth-order valence-electron chi connectivity index (χ4n) is 2.49. The molecule has 0 fully saturated rings. The van der Waals surface area contributed by atoms with E-state index < -0.39 is 11.4 Å². The maximum absolute atomic E-state index is 11.6. The first-order chi connectivity index (χ1) is 9.39. The van der Waals surface area contributed by atoms with E-state index in [-0.39, 0.29) is 0 Å². The predicted molar refractivity (Wildman–Crippen MR) is 82.6 cm³/mol. The number of hydrogen-bond donors (Lipinski definition) is 1. The summed E-state index contributed by atoms with van der Waals surface area (Å²) in [5.74, 6) is -0.696.